The van der Waals surface area contributed by atoms with Crippen LogP contribution >= 0.6 is 22.7 Å². The molecule has 0 aromatic carbocycles. The van der Waals surface area contributed by atoms with Crippen LogP contribution in [0.15, 0.2) is 11.4 Å². The van der Waals surface area contributed by atoms with Crippen LogP contribution in [-0.4, -0.2) is 16.2 Å². The third-order valence-corrected chi connectivity index (χ3v) is 4.03. The Kier molecular flexibility index (Phi) is 2.07. The topological polar surface area (TPSA) is 57.5 Å². The fraction of sp³-hybridized carbons (Fsp3) is 0.125. The van der Waals surface area contributed by atoms with Crippen LogP contribution in [0.1, 0.15) is 15.2 Å². The van der Waals surface area contributed by atoms with Crippen molar-refractivity contribution in [3.8, 4) is 0 Å². The summed E-state index contributed by atoms with van der Waals surface area (Å²) in [4.78, 5) is 11.0. The van der Waals surface area contributed by atoms with Crippen LogP contribution in [0.3, 0.4) is 0 Å². The number of hydrogen-bond acceptors (Lipinski definition) is 4. The second kappa shape index (κ2) is 3.10. The van der Waals surface area contributed by atoms with E-state index in [0.29, 0.717) is 4.88 Å². The molecule has 13 heavy (non-hydrogen) atoms. The van der Waals surface area contributed by atoms with E-state index in [0.717, 1.165) is 15.0 Å². The first-order chi connectivity index (χ1) is 6.22. The van der Waals surface area contributed by atoms with Gasteiger partial charge in [0.25, 0.3) is 0 Å². The molecule has 0 bridgehead atoms. The van der Waals surface area contributed by atoms with Gasteiger partial charge < -0.3 is 10.2 Å². The zero-order valence-corrected chi connectivity index (χ0v) is 8.11. The predicted molar refractivity (Wildman–Crippen MR) is 52.6 cm³/mol. The first-order valence-electron chi connectivity index (χ1n) is 3.56. The lowest BCUT2D eigenvalue weighted by Gasteiger charge is -1.86. The molecule has 2 rings (SSSR count). The van der Waals surface area contributed by atoms with Gasteiger partial charge in [0.2, 0.25) is 0 Å². The van der Waals surface area contributed by atoms with Crippen molar-refractivity contribution in [3.05, 3.63) is 21.9 Å². The molecule has 2 N–H and O–H groups in total. The minimum atomic E-state index is -0.905. The molecule has 2 aromatic heterocycles. The standard InChI is InChI=1S/C8H6O3S2/c9-2-4-3-12-8-5(4)1-6(13-8)7(10)11/h1,3,9H,2H2,(H,10,11). The van der Waals surface area contributed by atoms with Crippen LogP contribution in [0.5, 0.6) is 0 Å². The average Bonchev–Trinajstić information content (AvgIpc) is 2.60. The molecule has 68 valence electrons. The summed E-state index contributed by atoms with van der Waals surface area (Å²) in [5.74, 6) is -0.905. The van der Waals surface area contributed by atoms with E-state index >= 15 is 0 Å². The van der Waals surface area contributed by atoms with Gasteiger partial charge in [-0.1, -0.05) is 0 Å². The lowest BCUT2D eigenvalue weighted by molar-refractivity contribution is 0.0702. The number of fused-ring (bicyclic) bond motifs is 1. The number of aromatic carboxylic acids is 1. The molecule has 0 saturated carbocycles. The molecule has 3 nitrogen and oxygen atoms in total. The third kappa shape index (κ3) is 1.35. The number of thiophene rings is 2. The lowest BCUT2D eigenvalue weighted by atomic mass is 10.2. The molecule has 0 saturated heterocycles. The summed E-state index contributed by atoms with van der Waals surface area (Å²) in [6, 6.07) is 1.62. The van der Waals surface area contributed by atoms with Crippen LogP contribution in [0.25, 0.3) is 9.40 Å². The van der Waals surface area contributed by atoms with Crippen LogP contribution in [0.4, 0.5) is 0 Å². The summed E-state index contributed by atoms with van der Waals surface area (Å²) in [7, 11) is 0. The Balaban J connectivity index is 2.63. The van der Waals surface area contributed by atoms with Gasteiger partial charge in [-0.3, -0.25) is 0 Å². The van der Waals surface area contributed by atoms with Gasteiger partial charge in [-0.05, 0) is 17.0 Å². The highest BCUT2D eigenvalue weighted by Crippen LogP contribution is 2.33. The molecular weight excluding hydrogens is 208 g/mol. The fourth-order valence-electron chi connectivity index (χ4n) is 1.10. The van der Waals surface area contributed by atoms with Gasteiger partial charge in [0.05, 0.1) is 10.6 Å². The summed E-state index contributed by atoms with van der Waals surface area (Å²) in [6.07, 6.45) is 0. The van der Waals surface area contributed by atoms with E-state index in [1.54, 1.807) is 6.07 Å². The van der Waals surface area contributed by atoms with Crippen LogP contribution in [-0.2, 0) is 6.61 Å². The summed E-state index contributed by atoms with van der Waals surface area (Å²) in [5.41, 5.74) is 0.809. The molecule has 2 heterocycles. The van der Waals surface area contributed by atoms with E-state index in [9.17, 15) is 4.79 Å². The van der Waals surface area contributed by atoms with Crippen LogP contribution in [0, 0.1) is 0 Å². The summed E-state index contributed by atoms with van der Waals surface area (Å²) in [6.45, 7) is -0.0320. The highest BCUT2D eigenvalue weighted by Gasteiger charge is 2.11. The molecule has 0 atom stereocenters. The van der Waals surface area contributed by atoms with Crippen molar-refractivity contribution in [3.63, 3.8) is 0 Å². The molecule has 5 heteroatoms. The number of aliphatic hydroxyl groups is 1. The smallest absolute Gasteiger partial charge is 0.345 e. The highest BCUT2D eigenvalue weighted by molar-refractivity contribution is 7.38. The molecule has 0 radical (unpaired) electrons. The van der Waals surface area contributed by atoms with Crippen molar-refractivity contribution in [2.24, 2.45) is 0 Å². The number of carbonyl (C=O) groups is 1. The Hall–Kier alpha value is -0.910. The van der Waals surface area contributed by atoms with Crippen molar-refractivity contribution >= 4 is 38.0 Å². The number of carboxylic acid groups (broad SMARTS) is 1. The van der Waals surface area contributed by atoms with Gasteiger partial charge in [0.15, 0.2) is 0 Å². The minimum Gasteiger partial charge on any atom is -0.477 e. The molecule has 2 aromatic rings. The Morgan fingerprint density at radius 3 is 2.92 bits per heavy atom. The highest BCUT2D eigenvalue weighted by atomic mass is 32.2. The van der Waals surface area contributed by atoms with Crippen LogP contribution < -0.4 is 0 Å². The molecule has 0 unspecified atom stereocenters. The summed E-state index contributed by atoms with van der Waals surface area (Å²) >= 11 is 2.72. The summed E-state index contributed by atoms with van der Waals surface area (Å²) in [5, 5.41) is 20.4. The second-order valence-corrected chi connectivity index (χ2v) is 4.73. The van der Waals surface area contributed by atoms with Gasteiger partial charge in [-0.25, -0.2) is 4.79 Å². The van der Waals surface area contributed by atoms with Gasteiger partial charge in [0, 0.05) is 5.39 Å². The largest absolute Gasteiger partial charge is 0.477 e. The van der Waals surface area contributed by atoms with E-state index in [2.05, 4.69) is 0 Å². The number of aliphatic hydroxyl groups excluding tert-OH is 1. The molecule has 0 aliphatic carbocycles. The maximum atomic E-state index is 10.6. The SMILES string of the molecule is O=C(O)c1cc2c(CO)csc2s1. The second-order valence-electron chi connectivity index (χ2n) is 2.54. The average molecular weight is 214 g/mol. The minimum absolute atomic E-state index is 0.0320. The van der Waals surface area contributed by atoms with Gasteiger partial charge in [-0.15, -0.1) is 22.7 Å². The maximum Gasteiger partial charge on any atom is 0.345 e. The Labute approximate surface area is 81.9 Å². The third-order valence-electron chi connectivity index (χ3n) is 1.73. The van der Waals surface area contributed by atoms with E-state index in [-0.39, 0.29) is 6.61 Å². The first-order valence-corrected chi connectivity index (χ1v) is 5.26. The molecular formula is C8H6O3S2. The van der Waals surface area contributed by atoms with Crippen molar-refractivity contribution in [1.82, 2.24) is 0 Å². The molecule has 0 fully saturated rings. The van der Waals surface area contributed by atoms with E-state index in [1.807, 2.05) is 5.38 Å². The van der Waals surface area contributed by atoms with Crippen LogP contribution in [0.2, 0.25) is 0 Å². The predicted octanol–water partition coefficient (Wildman–Crippen LogP) is 2.15. The number of hydrogen-bond donors (Lipinski definition) is 2. The van der Waals surface area contributed by atoms with Gasteiger partial charge in [0.1, 0.15) is 4.88 Å². The van der Waals surface area contributed by atoms with Crippen molar-refractivity contribution in [2.75, 3.05) is 0 Å². The van der Waals surface area contributed by atoms with Gasteiger partial charge in [-0.2, -0.15) is 0 Å². The van der Waals surface area contributed by atoms with Crippen molar-refractivity contribution in [1.29, 1.82) is 0 Å². The Bertz CT molecular complexity index is 455. The zero-order chi connectivity index (χ0) is 9.42. The quantitative estimate of drug-likeness (QED) is 0.805. The molecule has 0 aliphatic rings. The monoisotopic (exact) mass is 214 g/mol. The number of carboxylic acids is 1. The molecule has 0 amide bonds. The van der Waals surface area contributed by atoms with E-state index < -0.39 is 5.97 Å². The fourth-order valence-corrected chi connectivity index (χ4v) is 3.24. The molecule has 0 spiro atoms. The Morgan fingerprint density at radius 2 is 2.31 bits per heavy atom. The first kappa shape index (κ1) is 8.68. The van der Waals surface area contributed by atoms with Gasteiger partial charge >= 0.3 is 5.97 Å². The maximum absolute atomic E-state index is 10.6. The number of rotatable bonds is 2. The lowest BCUT2D eigenvalue weighted by Crippen LogP contribution is -1.89. The van der Waals surface area contributed by atoms with E-state index in [1.165, 1.54) is 22.7 Å². The molecule has 0 aliphatic heterocycles. The normalized spacial score (nSPS) is 10.8. The van der Waals surface area contributed by atoms with Crippen molar-refractivity contribution < 1.29 is 15.0 Å². The van der Waals surface area contributed by atoms with E-state index in [4.69, 9.17) is 10.2 Å². The summed E-state index contributed by atoms with van der Waals surface area (Å²) < 4.78 is 0.960. The van der Waals surface area contributed by atoms with Crippen molar-refractivity contribution in [2.45, 2.75) is 6.61 Å². The zero-order valence-electron chi connectivity index (χ0n) is 6.48. The Morgan fingerprint density at radius 1 is 1.54 bits per heavy atom.